The van der Waals surface area contributed by atoms with Crippen molar-refractivity contribution in [3.8, 4) is 0 Å². The number of nitrogens with zero attached hydrogens (tertiary/aromatic N) is 2. The van der Waals surface area contributed by atoms with Gasteiger partial charge in [0.15, 0.2) is 0 Å². The zero-order valence-corrected chi connectivity index (χ0v) is 29.8. The summed E-state index contributed by atoms with van der Waals surface area (Å²) in [6.45, 7) is 14.7. The lowest BCUT2D eigenvalue weighted by atomic mass is 9.68. The number of hydrogen-bond donors (Lipinski definition) is 6. The van der Waals surface area contributed by atoms with Crippen molar-refractivity contribution in [2.75, 3.05) is 5.32 Å². The topological polar surface area (TPSA) is 130 Å². The monoisotopic (exact) mass is 733 g/mol. The Morgan fingerprint density at radius 2 is 1.65 bits per heavy atom. The first-order valence-corrected chi connectivity index (χ1v) is 16.2. The molecule has 0 fully saturated rings. The first kappa shape index (κ1) is 39.3. The molecule has 1 aliphatic heterocycles. The van der Waals surface area contributed by atoms with Gasteiger partial charge in [0, 0.05) is 55.2 Å². The zero-order chi connectivity index (χ0) is 38.8. The van der Waals surface area contributed by atoms with E-state index in [-0.39, 0.29) is 50.2 Å². The SMILES string of the molecule is CC.[B]C(C)(n1c(=N)n(C(C)(C)O)c2c3c(c(N/C(N)=c4\cc(F)cc(C(F)(F)F)\c4=C\N)cc21)C(c1cc(F)ccc1Cl)NC3=C)C(C)(C)F. The van der Waals surface area contributed by atoms with Crippen molar-refractivity contribution in [2.45, 2.75) is 77.5 Å². The molecule has 0 spiro atoms. The van der Waals surface area contributed by atoms with Crippen LogP contribution in [0.3, 0.4) is 0 Å². The number of benzene rings is 3. The molecule has 0 bridgehead atoms. The smallest absolute Gasteiger partial charge is 0.404 e. The number of halogens is 7. The molecule has 2 unspecified atom stereocenters. The number of aliphatic hydroxyl groups is 1. The summed E-state index contributed by atoms with van der Waals surface area (Å²) < 4.78 is 89.2. The maximum absolute atomic E-state index is 15.8. The Labute approximate surface area is 297 Å². The summed E-state index contributed by atoms with van der Waals surface area (Å²) in [5, 5.41) is 25.6. The normalized spacial score (nSPS) is 17.0. The van der Waals surface area contributed by atoms with Gasteiger partial charge in [0.2, 0.25) is 5.62 Å². The molecule has 2 radical (unpaired) electrons. The molecule has 8 nitrogen and oxygen atoms in total. The lowest BCUT2D eigenvalue weighted by Crippen LogP contribution is -2.52. The lowest BCUT2D eigenvalue weighted by Gasteiger charge is -2.37. The van der Waals surface area contributed by atoms with E-state index in [4.69, 9.17) is 36.3 Å². The van der Waals surface area contributed by atoms with Crippen LogP contribution in [-0.4, -0.2) is 27.8 Å². The Morgan fingerprint density at radius 3 is 2.18 bits per heavy atom. The second-order valence-electron chi connectivity index (χ2n) is 13.0. The number of imidazole rings is 1. The van der Waals surface area contributed by atoms with Gasteiger partial charge in [0.1, 0.15) is 36.7 Å². The van der Waals surface area contributed by atoms with Gasteiger partial charge in [-0.25, -0.2) is 13.2 Å². The van der Waals surface area contributed by atoms with Gasteiger partial charge in [-0.1, -0.05) is 32.0 Å². The van der Waals surface area contributed by atoms with Gasteiger partial charge in [-0.15, -0.1) is 0 Å². The molecule has 4 aromatic rings. The molecule has 0 saturated carbocycles. The van der Waals surface area contributed by atoms with Crippen LogP contribution in [0.25, 0.3) is 28.8 Å². The van der Waals surface area contributed by atoms with Gasteiger partial charge < -0.3 is 31.8 Å². The predicted octanol–water partition coefficient (Wildman–Crippen LogP) is 5.67. The molecule has 2 heterocycles. The summed E-state index contributed by atoms with van der Waals surface area (Å²) in [6.07, 6.45) is -4.35. The zero-order valence-electron chi connectivity index (χ0n) is 29.0. The van der Waals surface area contributed by atoms with Crippen molar-refractivity contribution < 1.29 is 31.4 Å². The third-order valence-corrected chi connectivity index (χ3v) is 9.12. The highest BCUT2D eigenvalue weighted by atomic mass is 35.5. The van der Waals surface area contributed by atoms with Crippen LogP contribution in [0.1, 0.15) is 76.8 Å². The van der Waals surface area contributed by atoms with E-state index in [9.17, 15) is 27.1 Å². The van der Waals surface area contributed by atoms with Crippen molar-refractivity contribution in [3.63, 3.8) is 0 Å². The standard InChI is InChI=1S/C33H33BClF6N7O.C2H6/c1-14-24-25(26(45-14)18-9-15(36)7-8-21(18)35)22(46-28(43)17-10-16(37)11-20(19(17)13-42)33(39,40)41)12-23-27(24)48(31(4,5)49)29(44)47(23)32(6,34)30(2,3)38;1-2/h7-13,26,44-46,49H,1,42-43H2,2-6H3;1-2H3/b19-13+,28-17+,44-29?;. The number of hydrogen-bond acceptors (Lipinski definition) is 6. The van der Waals surface area contributed by atoms with E-state index in [0.29, 0.717) is 6.20 Å². The molecule has 1 aliphatic rings. The van der Waals surface area contributed by atoms with Crippen LogP contribution in [0.15, 0.2) is 43.0 Å². The van der Waals surface area contributed by atoms with Gasteiger partial charge in [0.25, 0.3) is 0 Å². The fourth-order valence-corrected chi connectivity index (χ4v) is 6.35. The molecule has 3 aromatic carbocycles. The van der Waals surface area contributed by atoms with Crippen molar-refractivity contribution in [1.82, 2.24) is 14.5 Å². The van der Waals surface area contributed by atoms with Crippen molar-refractivity contribution in [2.24, 2.45) is 11.5 Å². The minimum atomic E-state index is -5.00. The van der Waals surface area contributed by atoms with E-state index in [0.717, 1.165) is 16.7 Å². The summed E-state index contributed by atoms with van der Waals surface area (Å²) in [5.74, 6) is -2.37. The molecule has 0 saturated heterocycles. The van der Waals surface area contributed by atoms with E-state index < -0.39 is 68.1 Å². The maximum Gasteiger partial charge on any atom is 0.417 e. The Morgan fingerprint density at radius 1 is 1.04 bits per heavy atom. The third-order valence-electron chi connectivity index (χ3n) is 8.78. The average Bonchev–Trinajstić information content (AvgIpc) is 3.51. The molecular formula is C35H39BClF6N7O. The molecule has 0 aliphatic carbocycles. The largest absolute Gasteiger partial charge is 0.417 e. The number of nitrogens with two attached hydrogens (primary N) is 2. The van der Waals surface area contributed by atoms with E-state index in [1.165, 1.54) is 57.4 Å². The van der Waals surface area contributed by atoms with E-state index in [1.807, 2.05) is 13.8 Å². The van der Waals surface area contributed by atoms with Gasteiger partial charge in [-0.2, -0.15) is 13.2 Å². The highest BCUT2D eigenvalue weighted by molar-refractivity contribution is 6.31. The maximum atomic E-state index is 15.8. The molecule has 16 heteroatoms. The van der Waals surface area contributed by atoms with Crippen LogP contribution in [-0.2, 0) is 17.3 Å². The Kier molecular flexibility index (Phi) is 10.2. The van der Waals surface area contributed by atoms with Crippen LogP contribution in [0.5, 0.6) is 0 Å². The number of aromatic nitrogens is 2. The summed E-state index contributed by atoms with van der Waals surface area (Å²) in [7, 11) is 6.59. The molecular weight excluding hydrogens is 695 g/mol. The summed E-state index contributed by atoms with van der Waals surface area (Å²) in [5.41, 5.74) is 5.46. The summed E-state index contributed by atoms with van der Waals surface area (Å²) >= 11 is 6.53. The second-order valence-corrected chi connectivity index (χ2v) is 13.4. The molecule has 8 N–H and O–H groups in total. The molecule has 0 amide bonds. The van der Waals surface area contributed by atoms with Crippen LogP contribution in [0, 0.1) is 17.0 Å². The molecule has 51 heavy (non-hydrogen) atoms. The summed E-state index contributed by atoms with van der Waals surface area (Å²) in [6, 6.07) is 5.10. The quantitative estimate of drug-likeness (QED) is 0.112. The highest BCUT2D eigenvalue weighted by Gasteiger charge is 2.43. The Balaban J connectivity index is 0.00000286. The first-order chi connectivity index (χ1) is 23.4. The van der Waals surface area contributed by atoms with Crippen molar-refractivity contribution >= 4 is 53.9 Å². The van der Waals surface area contributed by atoms with E-state index >= 15 is 4.39 Å². The van der Waals surface area contributed by atoms with Gasteiger partial charge >= 0.3 is 6.18 Å². The molecule has 5 rings (SSSR count). The van der Waals surface area contributed by atoms with Gasteiger partial charge in [-0.3, -0.25) is 9.98 Å². The van der Waals surface area contributed by atoms with Crippen molar-refractivity contribution in [1.29, 1.82) is 5.41 Å². The van der Waals surface area contributed by atoms with Crippen LogP contribution >= 0.6 is 11.6 Å². The van der Waals surface area contributed by atoms with Crippen LogP contribution in [0.4, 0.5) is 32.0 Å². The van der Waals surface area contributed by atoms with E-state index in [1.54, 1.807) is 0 Å². The second kappa shape index (κ2) is 13.2. The Hall–Kier alpha value is -4.50. The molecule has 2 atom stereocenters. The first-order valence-electron chi connectivity index (χ1n) is 15.8. The fourth-order valence-electron chi connectivity index (χ4n) is 6.12. The highest BCUT2D eigenvalue weighted by Crippen LogP contribution is 2.47. The minimum Gasteiger partial charge on any atom is -0.404 e. The number of alkyl halides is 4. The van der Waals surface area contributed by atoms with Gasteiger partial charge in [-0.05, 0) is 71.0 Å². The number of nitrogens with one attached hydrogen (secondary N) is 3. The van der Waals surface area contributed by atoms with Crippen LogP contribution < -0.4 is 38.2 Å². The minimum absolute atomic E-state index is 0.0337. The lowest BCUT2D eigenvalue weighted by molar-refractivity contribution is -0.138. The number of fused-ring (bicyclic) bond motifs is 3. The number of rotatable bonds is 6. The van der Waals surface area contributed by atoms with E-state index in [2.05, 4.69) is 17.2 Å². The van der Waals surface area contributed by atoms with Gasteiger partial charge in [0.05, 0.1) is 22.6 Å². The Bertz CT molecular complexity index is 2230. The molecule has 1 aromatic heterocycles. The summed E-state index contributed by atoms with van der Waals surface area (Å²) in [4.78, 5) is 0. The fraction of sp³-hybridized carbons (Fsp3) is 0.343. The van der Waals surface area contributed by atoms with Crippen LogP contribution in [0.2, 0.25) is 5.02 Å². The van der Waals surface area contributed by atoms with Crippen molar-refractivity contribution in [3.05, 3.63) is 97.9 Å². The predicted molar refractivity (Wildman–Crippen MR) is 189 cm³/mol. The molecule has 272 valence electrons. The average molecular weight is 734 g/mol. The number of anilines is 1. The third kappa shape index (κ3) is 6.69.